The van der Waals surface area contributed by atoms with Crippen LogP contribution < -0.4 is 5.73 Å². The van der Waals surface area contributed by atoms with Crippen molar-refractivity contribution < 1.29 is 19.4 Å². The van der Waals surface area contributed by atoms with E-state index in [0.717, 1.165) is 25.7 Å². The van der Waals surface area contributed by atoms with Crippen molar-refractivity contribution >= 4 is 11.9 Å². The summed E-state index contributed by atoms with van der Waals surface area (Å²) in [6.07, 6.45) is 4.60. The van der Waals surface area contributed by atoms with Crippen LogP contribution in [0, 0.1) is 0 Å². The molecule has 15 heavy (non-hydrogen) atoms. The highest BCUT2D eigenvalue weighted by Crippen LogP contribution is 2.20. The Morgan fingerprint density at radius 3 is 2.47 bits per heavy atom. The molecular weight excluding hydrogens is 198 g/mol. The Hall–Kier alpha value is -1.10. The zero-order valence-electron chi connectivity index (χ0n) is 8.65. The fourth-order valence-electron chi connectivity index (χ4n) is 1.71. The lowest BCUT2D eigenvalue weighted by atomic mass is 9.98. The van der Waals surface area contributed by atoms with Gasteiger partial charge in [-0.3, -0.25) is 9.59 Å². The van der Waals surface area contributed by atoms with E-state index in [1.165, 1.54) is 6.42 Å². The molecule has 0 spiro atoms. The van der Waals surface area contributed by atoms with Crippen LogP contribution >= 0.6 is 0 Å². The molecule has 1 rings (SSSR count). The SMILES string of the molecule is N[C@@H](CC(=O)O)C(=O)OC1CCCCC1. The summed E-state index contributed by atoms with van der Waals surface area (Å²) in [5, 5.41) is 8.45. The Labute approximate surface area is 88.6 Å². The fourth-order valence-corrected chi connectivity index (χ4v) is 1.71. The summed E-state index contributed by atoms with van der Waals surface area (Å²) in [4.78, 5) is 21.7. The Morgan fingerprint density at radius 2 is 1.93 bits per heavy atom. The van der Waals surface area contributed by atoms with Gasteiger partial charge in [0.2, 0.25) is 0 Å². The maximum Gasteiger partial charge on any atom is 0.323 e. The monoisotopic (exact) mass is 215 g/mol. The second kappa shape index (κ2) is 5.70. The quantitative estimate of drug-likeness (QED) is 0.672. The summed E-state index contributed by atoms with van der Waals surface area (Å²) in [7, 11) is 0. The molecular formula is C10H17NO4. The van der Waals surface area contributed by atoms with E-state index >= 15 is 0 Å². The number of carbonyl (C=O) groups excluding carboxylic acids is 1. The van der Waals surface area contributed by atoms with Crippen molar-refractivity contribution in [3.05, 3.63) is 0 Å². The smallest absolute Gasteiger partial charge is 0.323 e. The van der Waals surface area contributed by atoms with Crippen molar-refractivity contribution in [1.82, 2.24) is 0 Å². The Morgan fingerprint density at radius 1 is 1.33 bits per heavy atom. The topological polar surface area (TPSA) is 89.6 Å². The third-order valence-corrected chi connectivity index (χ3v) is 2.53. The summed E-state index contributed by atoms with van der Waals surface area (Å²) in [6.45, 7) is 0. The van der Waals surface area contributed by atoms with Gasteiger partial charge in [-0.25, -0.2) is 0 Å². The van der Waals surface area contributed by atoms with E-state index in [4.69, 9.17) is 15.6 Å². The van der Waals surface area contributed by atoms with Crippen LogP contribution in [-0.2, 0) is 14.3 Å². The molecule has 0 aromatic carbocycles. The minimum absolute atomic E-state index is 0.0638. The third kappa shape index (κ3) is 4.29. The van der Waals surface area contributed by atoms with E-state index in [1.54, 1.807) is 0 Å². The first-order chi connectivity index (χ1) is 7.09. The van der Waals surface area contributed by atoms with Gasteiger partial charge in [0.15, 0.2) is 0 Å². The van der Waals surface area contributed by atoms with Crippen LogP contribution in [0.25, 0.3) is 0 Å². The zero-order valence-corrected chi connectivity index (χ0v) is 8.65. The molecule has 1 aliphatic carbocycles. The molecule has 1 aliphatic rings. The summed E-state index contributed by atoms with van der Waals surface area (Å²) in [5.74, 6) is -1.67. The van der Waals surface area contributed by atoms with Crippen LogP contribution in [0.15, 0.2) is 0 Å². The fraction of sp³-hybridized carbons (Fsp3) is 0.800. The van der Waals surface area contributed by atoms with Crippen LogP contribution in [0.4, 0.5) is 0 Å². The van der Waals surface area contributed by atoms with Gasteiger partial charge in [0.1, 0.15) is 12.1 Å². The molecule has 5 heteroatoms. The van der Waals surface area contributed by atoms with Crippen molar-refractivity contribution in [2.24, 2.45) is 5.73 Å². The van der Waals surface area contributed by atoms with Gasteiger partial charge >= 0.3 is 11.9 Å². The highest BCUT2D eigenvalue weighted by Gasteiger charge is 2.23. The van der Waals surface area contributed by atoms with Crippen LogP contribution in [0.3, 0.4) is 0 Å². The van der Waals surface area contributed by atoms with Gasteiger partial charge in [-0.1, -0.05) is 6.42 Å². The van der Waals surface area contributed by atoms with Crippen LogP contribution in [0.2, 0.25) is 0 Å². The molecule has 0 aromatic rings. The lowest BCUT2D eigenvalue weighted by Gasteiger charge is -2.23. The number of carbonyl (C=O) groups is 2. The summed E-state index contributed by atoms with van der Waals surface area (Å²) >= 11 is 0. The van der Waals surface area contributed by atoms with Gasteiger partial charge in [0.25, 0.3) is 0 Å². The molecule has 0 aromatic heterocycles. The van der Waals surface area contributed by atoms with E-state index in [0.29, 0.717) is 0 Å². The van der Waals surface area contributed by atoms with Crippen LogP contribution in [-0.4, -0.2) is 29.2 Å². The average Bonchev–Trinajstić information content (AvgIpc) is 2.18. The molecule has 3 N–H and O–H groups in total. The standard InChI is InChI=1S/C10H17NO4/c11-8(6-9(12)13)10(14)15-7-4-2-1-3-5-7/h7-8H,1-6,11H2,(H,12,13)/t8-/m0/s1. The molecule has 5 nitrogen and oxygen atoms in total. The van der Waals surface area contributed by atoms with Gasteiger partial charge in [-0.2, -0.15) is 0 Å². The summed E-state index contributed by atoms with van der Waals surface area (Å²) < 4.78 is 5.13. The molecule has 1 fully saturated rings. The Bertz CT molecular complexity index is 236. The molecule has 0 saturated heterocycles. The molecule has 0 amide bonds. The molecule has 0 radical (unpaired) electrons. The number of ether oxygens (including phenoxy) is 1. The predicted molar refractivity (Wildman–Crippen MR) is 53.2 cm³/mol. The van der Waals surface area contributed by atoms with Gasteiger partial charge in [0.05, 0.1) is 6.42 Å². The maximum atomic E-state index is 11.3. The number of hydrogen-bond donors (Lipinski definition) is 2. The number of carboxylic acids is 1. The molecule has 1 saturated carbocycles. The van der Waals surface area contributed by atoms with Crippen LogP contribution in [0.5, 0.6) is 0 Å². The highest BCUT2D eigenvalue weighted by molar-refractivity contribution is 5.81. The van der Waals surface area contributed by atoms with E-state index in [9.17, 15) is 9.59 Å². The Kier molecular flexibility index (Phi) is 4.55. The van der Waals surface area contributed by atoms with Crippen LogP contribution in [0.1, 0.15) is 38.5 Å². The highest BCUT2D eigenvalue weighted by atomic mass is 16.5. The maximum absolute atomic E-state index is 11.3. The van der Waals surface area contributed by atoms with Gasteiger partial charge in [-0.15, -0.1) is 0 Å². The predicted octanol–water partition coefficient (Wildman–Crippen LogP) is 0.664. The molecule has 0 heterocycles. The molecule has 0 aliphatic heterocycles. The van der Waals surface area contributed by atoms with Crippen molar-refractivity contribution in [2.75, 3.05) is 0 Å². The molecule has 1 atom stereocenters. The van der Waals surface area contributed by atoms with Gasteiger partial charge in [-0.05, 0) is 25.7 Å². The average molecular weight is 215 g/mol. The van der Waals surface area contributed by atoms with Crippen molar-refractivity contribution in [1.29, 1.82) is 0 Å². The van der Waals surface area contributed by atoms with E-state index in [1.807, 2.05) is 0 Å². The number of carboxylic acid groups (broad SMARTS) is 1. The molecule has 0 unspecified atom stereocenters. The summed E-state index contributed by atoms with van der Waals surface area (Å²) in [5.41, 5.74) is 5.38. The minimum atomic E-state index is -1.08. The number of aliphatic carboxylic acids is 1. The first-order valence-electron chi connectivity index (χ1n) is 5.27. The number of hydrogen-bond acceptors (Lipinski definition) is 4. The number of rotatable bonds is 4. The van der Waals surface area contributed by atoms with Gasteiger partial charge in [0, 0.05) is 0 Å². The molecule has 0 bridgehead atoms. The largest absolute Gasteiger partial charge is 0.481 e. The lowest BCUT2D eigenvalue weighted by molar-refractivity contribution is -0.155. The second-order valence-electron chi connectivity index (χ2n) is 3.90. The van der Waals surface area contributed by atoms with E-state index < -0.39 is 18.0 Å². The zero-order chi connectivity index (χ0) is 11.3. The number of esters is 1. The first kappa shape index (κ1) is 12.0. The Balaban J connectivity index is 2.30. The second-order valence-corrected chi connectivity index (χ2v) is 3.90. The van der Waals surface area contributed by atoms with Crippen molar-refractivity contribution in [3.8, 4) is 0 Å². The first-order valence-corrected chi connectivity index (χ1v) is 5.27. The number of nitrogens with two attached hydrogens (primary N) is 1. The summed E-state index contributed by atoms with van der Waals surface area (Å²) in [6, 6.07) is -1.04. The lowest BCUT2D eigenvalue weighted by Crippen LogP contribution is -2.37. The van der Waals surface area contributed by atoms with Crippen molar-refractivity contribution in [3.63, 3.8) is 0 Å². The minimum Gasteiger partial charge on any atom is -0.481 e. The molecule has 86 valence electrons. The van der Waals surface area contributed by atoms with E-state index in [-0.39, 0.29) is 12.5 Å². The van der Waals surface area contributed by atoms with Crippen molar-refractivity contribution in [2.45, 2.75) is 50.7 Å². The normalized spacial score (nSPS) is 19.5. The van der Waals surface area contributed by atoms with Gasteiger partial charge < -0.3 is 15.6 Å². The third-order valence-electron chi connectivity index (χ3n) is 2.53. The van der Waals surface area contributed by atoms with E-state index in [2.05, 4.69) is 0 Å².